The van der Waals surface area contributed by atoms with Crippen molar-refractivity contribution in [2.45, 2.75) is 12.5 Å². The third kappa shape index (κ3) is 2.73. The molecule has 3 heteroatoms. The van der Waals surface area contributed by atoms with Gasteiger partial charge in [-0.3, -0.25) is 0 Å². The molecule has 0 heterocycles. The Morgan fingerprint density at radius 1 is 1.17 bits per heavy atom. The molecule has 0 aliphatic rings. The zero-order valence-corrected chi connectivity index (χ0v) is 9.68. The Balaban J connectivity index is 2.30. The Bertz CT molecular complexity index is 575. The molecule has 2 nitrogen and oxygen atoms in total. The van der Waals surface area contributed by atoms with E-state index >= 15 is 0 Å². The monoisotopic (exact) mass is 241 g/mol. The van der Waals surface area contributed by atoms with Gasteiger partial charge in [0, 0.05) is 6.42 Å². The minimum absolute atomic E-state index is 0.326. The predicted molar refractivity (Wildman–Crippen MR) is 66.2 cm³/mol. The van der Waals surface area contributed by atoms with Crippen LogP contribution in [0, 0.1) is 17.1 Å². The zero-order chi connectivity index (χ0) is 13.0. The van der Waals surface area contributed by atoms with Crippen LogP contribution in [0.5, 0.6) is 0 Å². The van der Waals surface area contributed by atoms with Gasteiger partial charge < -0.3 is 5.11 Å². The highest BCUT2D eigenvalue weighted by Crippen LogP contribution is 2.19. The molecule has 1 atom stereocenters. The van der Waals surface area contributed by atoms with Crippen molar-refractivity contribution in [3.63, 3.8) is 0 Å². The second-order valence-electron chi connectivity index (χ2n) is 4.04. The largest absolute Gasteiger partial charge is 0.374 e. The molecular formula is C15H12FNO. The molecular weight excluding hydrogens is 229 g/mol. The summed E-state index contributed by atoms with van der Waals surface area (Å²) in [4.78, 5) is 0. The molecule has 2 rings (SSSR count). The highest BCUT2D eigenvalue weighted by atomic mass is 19.1. The van der Waals surface area contributed by atoms with Crippen LogP contribution in [-0.4, -0.2) is 5.11 Å². The number of hydrogen-bond donors (Lipinski definition) is 1. The van der Waals surface area contributed by atoms with E-state index < -0.39 is 6.10 Å². The lowest BCUT2D eigenvalue weighted by Crippen LogP contribution is -1.98. The van der Waals surface area contributed by atoms with E-state index in [0.717, 1.165) is 5.56 Å². The number of benzene rings is 2. The Morgan fingerprint density at radius 3 is 2.56 bits per heavy atom. The van der Waals surface area contributed by atoms with Crippen LogP contribution in [0.2, 0.25) is 0 Å². The van der Waals surface area contributed by atoms with Gasteiger partial charge in [-0.2, -0.15) is 5.26 Å². The van der Waals surface area contributed by atoms with Gasteiger partial charge in [-0.05, 0) is 28.8 Å². The molecule has 0 saturated heterocycles. The first kappa shape index (κ1) is 12.3. The normalized spacial score (nSPS) is 11.8. The third-order valence-electron chi connectivity index (χ3n) is 2.75. The van der Waals surface area contributed by atoms with Crippen LogP contribution >= 0.6 is 0 Å². The average molecular weight is 241 g/mol. The molecule has 0 unspecified atom stereocenters. The van der Waals surface area contributed by atoms with Gasteiger partial charge in [0.15, 0.2) is 6.10 Å². The summed E-state index contributed by atoms with van der Waals surface area (Å²) in [5.74, 6) is -0.326. The van der Waals surface area contributed by atoms with Crippen molar-refractivity contribution in [3.05, 3.63) is 71.0 Å². The molecule has 0 aliphatic heterocycles. The molecule has 0 aromatic heterocycles. The van der Waals surface area contributed by atoms with E-state index in [-0.39, 0.29) is 5.82 Å². The van der Waals surface area contributed by atoms with Gasteiger partial charge in [0.1, 0.15) is 5.82 Å². The molecule has 2 aromatic carbocycles. The number of rotatable bonds is 3. The first-order chi connectivity index (χ1) is 8.70. The fraction of sp³-hybridized carbons (Fsp3) is 0.133. The van der Waals surface area contributed by atoms with Gasteiger partial charge in [-0.1, -0.05) is 36.4 Å². The predicted octanol–water partition coefficient (Wildman–Crippen LogP) is 2.97. The summed E-state index contributed by atoms with van der Waals surface area (Å²) in [7, 11) is 0. The third-order valence-corrected chi connectivity index (χ3v) is 2.75. The van der Waals surface area contributed by atoms with Crippen LogP contribution in [-0.2, 0) is 6.42 Å². The molecule has 1 N–H and O–H groups in total. The molecule has 0 amide bonds. The van der Waals surface area contributed by atoms with E-state index in [1.165, 1.54) is 18.2 Å². The van der Waals surface area contributed by atoms with Crippen LogP contribution in [0.15, 0.2) is 48.5 Å². The highest BCUT2D eigenvalue weighted by molar-refractivity contribution is 5.33. The van der Waals surface area contributed by atoms with Crippen molar-refractivity contribution in [3.8, 4) is 6.07 Å². The topological polar surface area (TPSA) is 44.0 Å². The molecule has 0 saturated carbocycles. The molecule has 0 spiro atoms. The van der Waals surface area contributed by atoms with Crippen LogP contribution < -0.4 is 0 Å². The second kappa shape index (κ2) is 5.44. The van der Waals surface area contributed by atoms with Crippen molar-refractivity contribution in [2.75, 3.05) is 0 Å². The van der Waals surface area contributed by atoms with E-state index in [9.17, 15) is 9.50 Å². The van der Waals surface area contributed by atoms with Gasteiger partial charge >= 0.3 is 0 Å². The standard InChI is InChI=1S/C15H12FNO/c16-14-7-6-12(15(18)10-17)9-13(14)8-11-4-2-1-3-5-11/h1-7,9,15,18H,8H2/t15-/m0/s1. The molecule has 2 aromatic rings. The van der Waals surface area contributed by atoms with Crippen molar-refractivity contribution in [1.82, 2.24) is 0 Å². The number of halogens is 1. The molecule has 90 valence electrons. The van der Waals surface area contributed by atoms with Gasteiger partial charge in [-0.25, -0.2) is 4.39 Å². The summed E-state index contributed by atoms with van der Waals surface area (Å²) in [5, 5.41) is 18.1. The maximum atomic E-state index is 13.7. The fourth-order valence-electron chi connectivity index (χ4n) is 1.79. The Morgan fingerprint density at radius 2 is 1.89 bits per heavy atom. The van der Waals surface area contributed by atoms with Gasteiger partial charge in [0.05, 0.1) is 6.07 Å². The lowest BCUT2D eigenvalue weighted by atomic mass is 10.0. The van der Waals surface area contributed by atoms with Crippen molar-refractivity contribution in [2.24, 2.45) is 0 Å². The first-order valence-corrected chi connectivity index (χ1v) is 5.60. The SMILES string of the molecule is N#C[C@H](O)c1ccc(F)c(Cc2ccccc2)c1. The fourth-order valence-corrected chi connectivity index (χ4v) is 1.79. The molecule has 0 fully saturated rings. The van der Waals surface area contributed by atoms with Crippen molar-refractivity contribution < 1.29 is 9.50 Å². The number of hydrogen-bond acceptors (Lipinski definition) is 2. The van der Waals surface area contributed by atoms with Crippen LogP contribution in [0.4, 0.5) is 4.39 Å². The smallest absolute Gasteiger partial charge is 0.165 e. The molecule has 18 heavy (non-hydrogen) atoms. The Kier molecular flexibility index (Phi) is 3.71. The zero-order valence-electron chi connectivity index (χ0n) is 9.68. The van der Waals surface area contributed by atoms with Gasteiger partial charge in [0.25, 0.3) is 0 Å². The summed E-state index contributed by atoms with van der Waals surface area (Å²) in [6.07, 6.45) is -0.765. The van der Waals surface area contributed by atoms with Gasteiger partial charge in [-0.15, -0.1) is 0 Å². The maximum Gasteiger partial charge on any atom is 0.165 e. The quantitative estimate of drug-likeness (QED) is 0.839. The van der Waals surface area contributed by atoms with Crippen molar-refractivity contribution in [1.29, 1.82) is 5.26 Å². The van der Waals surface area contributed by atoms with Crippen LogP contribution in [0.1, 0.15) is 22.8 Å². The molecule has 0 aliphatic carbocycles. The average Bonchev–Trinajstić information content (AvgIpc) is 2.41. The number of nitriles is 1. The second-order valence-corrected chi connectivity index (χ2v) is 4.04. The first-order valence-electron chi connectivity index (χ1n) is 5.60. The Labute approximate surface area is 105 Å². The van der Waals surface area contributed by atoms with E-state index in [1.807, 2.05) is 30.3 Å². The summed E-state index contributed by atoms with van der Waals surface area (Å²) in [6.45, 7) is 0. The summed E-state index contributed by atoms with van der Waals surface area (Å²) in [6, 6.07) is 15.5. The number of aliphatic hydroxyl groups excluding tert-OH is 1. The van der Waals surface area contributed by atoms with E-state index in [1.54, 1.807) is 6.07 Å². The van der Waals surface area contributed by atoms with Gasteiger partial charge in [0.2, 0.25) is 0 Å². The van der Waals surface area contributed by atoms with Crippen LogP contribution in [0.25, 0.3) is 0 Å². The van der Waals surface area contributed by atoms with Crippen molar-refractivity contribution >= 4 is 0 Å². The molecule has 0 bridgehead atoms. The van der Waals surface area contributed by atoms with Crippen LogP contribution in [0.3, 0.4) is 0 Å². The minimum atomic E-state index is -1.21. The number of aliphatic hydroxyl groups is 1. The molecule has 0 radical (unpaired) electrons. The van der Waals surface area contributed by atoms with E-state index in [0.29, 0.717) is 17.5 Å². The lowest BCUT2D eigenvalue weighted by molar-refractivity contribution is 0.235. The minimum Gasteiger partial charge on any atom is -0.374 e. The van der Waals surface area contributed by atoms with E-state index in [2.05, 4.69) is 0 Å². The highest BCUT2D eigenvalue weighted by Gasteiger charge is 2.10. The summed E-state index contributed by atoms with van der Waals surface area (Å²) < 4.78 is 13.7. The summed E-state index contributed by atoms with van der Waals surface area (Å²) in [5.41, 5.74) is 1.89. The Hall–Kier alpha value is -2.18. The van der Waals surface area contributed by atoms with E-state index in [4.69, 9.17) is 5.26 Å². The maximum absolute atomic E-state index is 13.7. The lowest BCUT2D eigenvalue weighted by Gasteiger charge is -2.07. The summed E-state index contributed by atoms with van der Waals surface area (Å²) >= 11 is 0. The number of nitrogens with zero attached hydrogens (tertiary/aromatic N) is 1.